The number of ether oxygens (including phenoxy) is 2. The van der Waals surface area contributed by atoms with Crippen molar-refractivity contribution in [3.05, 3.63) is 58.9 Å². The van der Waals surface area contributed by atoms with Crippen LogP contribution < -0.4 is 10.1 Å². The Kier molecular flexibility index (Phi) is 6.77. The lowest BCUT2D eigenvalue weighted by atomic mass is 10.1. The summed E-state index contributed by atoms with van der Waals surface area (Å²) in [5.41, 5.74) is -1.45. The van der Waals surface area contributed by atoms with Crippen LogP contribution >= 0.6 is 0 Å². The predicted molar refractivity (Wildman–Crippen MR) is 105 cm³/mol. The monoisotopic (exact) mass is 459 g/mol. The van der Waals surface area contributed by atoms with Crippen LogP contribution in [-0.4, -0.2) is 30.3 Å². The molecule has 3 aromatic rings. The molecule has 1 heterocycles. The Balaban J connectivity index is 1.99. The number of rotatable bonds is 7. The molecule has 32 heavy (non-hydrogen) atoms. The summed E-state index contributed by atoms with van der Waals surface area (Å²) in [4.78, 5) is 8.28. The fraction of sp³-hybridized carbons (Fsp3) is 0.333. The Morgan fingerprint density at radius 3 is 2.34 bits per heavy atom. The maximum Gasteiger partial charge on any atom is 0.420 e. The molecule has 1 N–H and O–H groups in total. The molecule has 3 rings (SSSR count). The number of hydrogen-bond donors (Lipinski definition) is 1. The van der Waals surface area contributed by atoms with Gasteiger partial charge in [0.1, 0.15) is 24.0 Å². The van der Waals surface area contributed by atoms with E-state index in [1.807, 2.05) is 0 Å². The quantitative estimate of drug-likeness (QED) is 0.368. The predicted octanol–water partition coefficient (Wildman–Crippen LogP) is 5.61. The van der Waals surface area contributed by atoms with Crippen LogP contribution in [0.1, 0.15) is 22.5 Å². The summed E-state index contributed by atoms with van der Waals surface area (Å²) >= 11 is 0. The number of hydrogen-bond acceptors (Lipinski definition) is 5. The summed E-state index contributed by atoms with van der Waals surface area (Å²) in [5, 5.41) is 3.14. The van der Waals surface area contributed by atoms with Crippen molar-refractivity contribution in [3.63, 3.8) is 0 Å². The molecule has 0 saturated carbocycles. The Bertz CT molecular complexity index is 1100. The first-order chi connectivity index (χ1) is 15.0. The van der Waals surface area contributed by atoms with Crippen molar-refractivity contribution in [2.45, 2.75) is 25.8 Å². The fourth-order valence-corrected chi connectivity index (χ4v) is 3.03. The van der Waals surface area contributed by atoms with Crippen molar-refractivity contribution < 1.29 is 35.8 Å². The van der Waals surface area contributed by atoms with E-state index < -0.39 is 29.2 Å². The van der Waals surface area contributed by atoms with E-state index in [0.717, 1.165) is 18.2 Å². The Morgan fingerprint density at radius 2 is 1.69 bits per heavy atom. The second-order valence-electron chi connectivity index (χ2n) is 6.88. The SMILES string of the molecule is COCCOc1cc2c(NCc3cccc(C(F)(F)F)c3)nc(C)nc2cc1C(F)(F)F. The Hall–Kier alpha value is -3.08. The van der Waals surface area contributed by atoms with Crippen LogP contribution in [0.3, 0.4) is 0 Å². The van der Waals surface area contributed by atoms with Crippen molar-refractivity contribution in [2.75, 3.05) is 25.6 Å². The smallest absolute Gasteiger partial charge is 0.420 e. The molecule has 1 aromatic heterocycles. The van der Waals surface area contributed by atoms with Gasteiger partial charge in [-0.25, -0.2) is 9.97 Å². The van der Waals surface area contributed by atoms with E-state index in [-0.39, 0.29) is 42.3 Å². The first kappa shape index (κ1) is 23.6. The molecule has 0 saturated heterocycles. The van der Waals surface area contributed by atoms with E-state index >= 15 is 0 Å². The number of alkyl halides is 6. The number of nitrogens with zero attached hydrogens (tertiary/aromatic N) is 2. The van der Waals surface area contributed by atoms with Gasteiger partial charge in [0, 0.05) is 19.0 Å². The molecule has 0 spiro atoms. The third kappa shape index (κ3) is 5.58. The summed E-state index contributed by atoms with van der Waals surface area (Å²) in [6, 6.07) is 6.75. The highest BCUT2D eigenvalue weighted by Crippen LogP contribution is 2.40. The average molecular weight is 459 g/mol. The second kappa shape index (κ2) is 9.19. The van der Waals surface area contributed by atoms with Crippen molar-refractivity contribution in [1.82, 2.24) is 9.97 Å². The summed E-state index contributed by atoms with van der Waals surface area (Å²) < 4.78 is 89.5. The molecular formula is C21H19F6N3O2. The number of nitrogens with one attached hydrogen (secondary N) is 1. The standard InChI is InChI=1S/C21H19F6N3O2/c1-12-29-17-10-16(21(25,26)27)18(32-7-6-31-2)9-15(17)19(30-12)28-11-13-4-3-5-14(8-13)20(22,23)24/h3-5,8-10H,6-7,11H2,1-2H3,(H,28,29,30). The zero-order chi connectivity index (χ0) is 23.5. The van der Waals surface area contributed by atoms with Crippen LogP contribution in [-0.2, 0) is 23.6 Å². The summed E-state index contributed by atoms with van der Waals surface area (Å²) in [6.07, 6.45) is -9.17. The fourth-order valence-electron chi connectivity index (χ4n) is 3.03. The molecule has 0 atom stereocenters. The number of methoxy groups -OCH3 is 1. The van der Waals surface area contributed by atoms with E-state index in [2.05, 4.69) is 15.3 Å². The zero-order valence-electron chi connectivity index (χ0n) is 17.1. The number of anilines is 1. The minimum atomic E-state index is -4.68. The third-order valence-corrected chi connectivity index (χ3v) is 4.47. The molecule has 0 fully saturated rings. The molecule has 0 aliphatic rings. The van der Waals surface area contributed by atoms with E-state index in [0.29, 0.717) is 5.56 Å². The van der Waals surface area contributed by atoms with Crippen LogP contribution in [0.25, 0.3) is 10.9 Å². The van der Waals surface area contributed by atoms with Crippen molar-refractivity contribution >= 4 is 16.7 Å². The van der Waals surface area contributed by atoms with E-state index in [9.17, 15) is 26.3 Å². The normalized spacial score (nSPS) is 12.2. The molecule has 0 aliphatic carbocycles. The molecular weight excluding hydrogens is 440 g/mol. The third-order valence-electron chi connectivity index (χ3n) is 4.47. The number of fused-ring (bicyclic) bond motifs is 1. The maximum absolute atomic E-state index is 13.5. The minimum Gasteiger partial charge on any atom is -0.491 e. The van der Waals surface area contributed by atoms with Gasteiger partial charge < -0.3 is 14.8 Å². The van der Waals surface area contributed by atoms with Crippen molar-refractivity contribution in [2.24, 2.45) is 0 Å². The molecule has 5 nitrogen and oxygen atoms in total. The molecule has 2 aromatic carbocycles. The van der Waals surface area contributed by atoms with Crippen LogP contribution in [0, 0.1) is 6.92 Å². The highest BCUT2D eigenvalue weighted by atomic mass is 19.4. The number of benzene rings is 2. The molecule has 0 aliphatic heterocycles. The van der Waals surface area contributed by atoms with Crippen LogP contribution in [0.2, 0.25) is 0 Å². The van der Waals surface area contributed by atoms with E-state index in [1.54, 1.807) is 0 Å². The number of halogens is 6. The highest BCUT2D eigenvalue weighted by Gasteiger charge is 2.35. The van der Waals surface area contributed by atoms with Gasteiger partial charge in [-0.2, -0.15) is 26.3 Å². The van der Waals surface area contributed by atoms with Crippen molar-refractivity contribution in [3.8, 4) is 5.75 Å². The van der Waals surface area contributed by atoms with Gasteiger partial charge in [0.25, 0.3) is 0 Å². The van der Waals surface area contributed by atoms with Crippen LogP contribution in [0.5, 0.6) is 5.75 Å². The van der Waals surface area contributed by atoms with Crippen LogP contribution in [0.15, 0.2) is 36.4 Å². The van der Waals surface area contributed by atoms with Gasteiger partial charge in [0.2, 0.25) is 0 Å². The van der Waals surface area contributed by atoms with Crippen molar-refractivity contribution in [1.29, 1.82) is 0 Å². The van der Waals surface area contributed by atoms with Gasteiger partial charge in [0.15, 0.2) is 0 Å². The first-order valence-corrected chi connectivity index (χ1v) is 9.40. The minimum absolute atomic E-state index is 0.0236. The molecule has 0 unspecified atom stereocenters. The topological polar surface area (TPSA) is 56.3 Å². The zero-order valence-corrected chi connectivity index (χ0v) is 17.1. The molecule has 0 radical (unpaired) electrons. The Morgan fingerprint density at radius 1 is 0.938 bits per heavy atom. The Labute approximate surface area is 179 Å². The summed E-state index contributed by atoms with van der Waals surface area (Å²) in [6.45, 7) is 1.45. The van der Waals surface area contributed by atoms with Gasteiger partial charge >= 0.3 is 12.4 Å². The lowest BCUT2D eigenvalue weighted by Gasteiger charge is -2.17. The van der Waals surface area contributed by atoms with Gasteiger partial charge in [-0.15, -0.1) is 0 Å². The lowest BCUT2D eigenvalue weighted by molar-refractivity contribution is -0.139. The largest absolute Gasteiger partial charge is 0.491 e. The van der Waals surface area contributed by atoms with Gasteiger partial charge in [-0.1, -0.05) is 12.1 Å². The second-order valence-corrected chi connectivity index (χ2v) is 6.88. The molecule has 11 heteroatoms. The van der Waals surface area contributed by atoms with Gasteiger partial charge in [0.05, 0.1) is 23.3 Å². The molecule has 172 valence electrons. The summed E-state index contributed by atoms with van der Waals surface area (Å²) in [7, 11) is 1.39. The van der Waals surface area contributed by atoms with Gasteiger partial charge in [-0.05, 0) is 36.8 Å². The van der Waals surface area contributed by atoms with E-state index in [4.69, 9.17) is 9.47 Å². The van der Waals surface area contributed by atoms with Gasteiger partial charge in [-0.3, -0.25) is 0 Å². The summed E-state index contributed by atoms with van der Waals surface area (Å²) in [5.74, 6) is -0.0444. The lowest BCUT2D eigenvalue weighted by Crippen LogP contribution is -2.12. The number of aromatic nitrogens is 2. The first-order valence-electron chi connectivity index (χ1n) is 9.40. The average Bonchev–Trinajstić information content (AvgIpc) is 2.71. The van der Waals surface area contributed by atoms with Crippen LogP contribution in [0.4, 0.5) is 32.2 Å². The molecule has 0 bridgehead atoms. The highest BCUT2D eigenvalue weighted by molar-refractivity contribution is 5.91. The maximum atomic E-state index is 13.5. The van der Waals surface area contributed by atoms with E-state index in [1.165, 1.54) is 32.2 Å². The molecule has 0 amide bonds. The number of aryl methyl sites for hydroxylation is 1.